The Kier molecular flexibility index (Phi) is 6.64. The summed E-state index contributed by atoms with van der Waals surface area (Å²) < 4.78 is 0. The van der Waals surface area contributed by atoms with Crippen molar-refractivity contribution in [2.24, 2.45) is 0 Å². The number of hydrogen-bond donors (Lipinski definition) is 3. The molecule has 27 heavy (non-hydrogen) atoms. The molecule has 2 aromatic rings. The lowest BCUT2D eigenvalue weighted by molar-refractivity contribution is -0.120. The Labute approximate surface area is 164 Å². The first-order valence-electron chi connectivity index (χ1n) is 8.55. The second kappa shape index (κ2) is 8.73. The zero-order valence-corrected chi connectivity index (χ0v) is 16.5. The lowest BCUT2D eigenvalue weighted by Crippen LogP contribution is -2.42. The normalized spacial score (nSPS) is 10.8. The second-order valence-electron chi connectivity index (χ2n) is 7.17. The average Bonchev–Trinajstić information content (AvgIpc) is 2.64. The first-order chi connectivity index (χ1) is 12.7. The lowest BCUT2D eigenvalue weighted by Gasteiger charge is -2.19. The lowest BCUT2D eigenvalue weighted by atomic mass is 9.86. The Morgan fingerprint density at radius 3 is 2.04 bits per heavy atom. The van der Waals surface area contributed by atoms with E-state index in [4.69, 9.17) is 11.6 Å². The molecule has 2 amide bonds. The van der Waals surface area contributed by atoms with Crippen molar-refractivity contribution in [2.75, 3.05) is 6.54 Å². The molecule has 0 saturated heterocycles. The molecule has 0 heterocycles. The highest BCUT2D eigenvalue weighted by atomic mass is 35.5. The van der Waals surface area contributed by atoms with Crippen molar-refractivity contribution in [2.45, 2.75) is 26.2 Å². The van der Waals surface area contributed by atoms with E-state index in [0.717, 1.165) is 5.56 Å². The fraction of sp³-hybridized carbons (Fsp3) is 0.238. The van der Waals surface area contributed by atoms with Crippen LogP contribution >= 0.6 is 11.6 Å². The van der Waals surface area contributed by atoms with E-state index < -0.39 is 0 Å². The molecule has 0 radical (unpaired) electrons. The molecule has 0 aliphatic heterocycles. The van der Waals surface area contributed by atoms with Crippen LogP contribution in [0.1, 0.15) is 42.3 Å². The number of hydrogen-bond acceptors (Lipinski definition) is 3. The van der Waals surface area contributed by atoms with Crippen molar-refractivity contribution < 1.29 is 9.59 Å². The molecule has 2 aromatic carbocycles. The molecule has 0 atom stereocenters. The third-order valence-electron chi connectivity index (χ3n) is 3.97. The maximum atomic E-state index is 12.0. The minimum atomic E-state index is -0.384. The number of benzene rings is 2. The zero-order valence-electron chi connectivity index (χ0n) is 15.7. The number of carbonyl (C=O) groups is 2. The van der Waals surface area contributed by atoms with Gasteiger partial charge in [0.2, 0.25) is 0 Å². The molecular formula is C21H24ClN3O2. The molecule has 0 saturated carbocycles. The summed E-state index contributed by atoms with van der Waals surface area (Å²) in [5.74, 6) is -0.733. The van der Waals surface area contributed by atoms with Gasteiger partial charge in [-0.3, -0.25) is 20.4 Å². The van der Waals surface area contributed by atoms with Gasteiger partial charge in [0.1, 0.15) is 0 Å². The van der Waals surface area contributed by atoms with Crippen LogP contribution in [0.2, 0.25) is 5.02 Å². The van der Waals surface area contributed by atoms with Gasteiger partial charge in [-0.1, -0.05) is 63.2 Å². The minimum Gasteiger partial charge on any atom is -0.343 e. The van der Waals surface area contributed by atoms with Crippen LogP contribution in [0.3, 0.4) is 0 Å². The Balaban J connectivity index is 1.80. The zero-order chi connectivity index (χ0) is 20.0. The number of hydrazine groups is 1. The highest BCUT2D eigenvalue weighted by Gasteiger charge is 2.13. The van der Waals surface area contributed by atoms with Gasteiger partial charge in [-0.05, 0) is 40.8 Å². The summed E-state index contributed by atoms with van der Waals surface area (Å²) >= 11 is 5.78. The first-order valence-corrected chi connectivity index (χ1v) is 8.93. The Morgan fingerprint density at radius 2 is 1.48 bits per heavy atom. The standard InChI is InChI=1S/C21H24ClN3O2/c1-14(15-5-9-17(10-6-15)21(2,3)4)24-25-19(26)13-23-20(27)16-7-11-18(22)12-8-16/h5-12,24H,1,13H2,2-4H3,(H,23,27)(H,25,26). The molecular weight excluding hydrogens is 362 g/mol. The van der Waals surface area contributed by atoms with E-state index in [1.807, 2.05) is 24.3 Å². The molecule has 3 N–H and O–H groups in total. The monoisotopic (exact) mass is 385 g/mol. The molecule has 0 fully saturated rings. The number of amides is 2. The van der Waals surface area contributed by atoms with Crippen LogP contribution in [0, 0.1) is 0 Å². The largest absolute Gasteiger partial charge is 0.343 e. The first kappa shape index (κ1) is 20.5. The summed E-state index contributed by atoms with van der Waals surface area (Å²) in [5, 5.41) is 3.09. The maximum absolute atomic E-state index is 12.0. The van der Waals surface area contributed by atoms with E-state index in [2.05, 4.69) is 43.5 Å². The van der Waals surface area contributed by atoms with Crippen molar-refractivity contribution in [3.63, 3.8) is 0 Å². The van der Waals surface area contributed by atoms with Crippen molar-refractivity contribution >= 4 is 29.1 Å². The molecule has 0 aliphatic rings. The molecule has 2 rings (SSSR count). The highest BCUT2D eigenvalue weighted by molar-refractivity contribution is 6.30. The quantitative estimate of drug-likeness (QED) is 0.664. The van der Waals surface area contributed by atoms with E-state index >= 15 is 0 Å². The topological polar surface area (TPSA) is 70.2 Å². The number of carbonyl (C=O) groups excluding carboxylic acids is 2. The Hall–Kier alpha value is -2.79. The average molecular weight is 386 g/mol. The predicted octanol–water partition coefficient (Wildman–Crippen LogP) is 3.66. The third-order valence-corrected chi connectivity index (χ3v) is 4.22. The van der Waals surface area contributed by atoms with Crippen LogP contribution in [0.4, 0.5) is 0 Å². The number of rotatable bonds is 6. The summed E-state index contributed by atoms with van der Waals surface area (Å²) in [7, 11) is 0. The number of halogens is 1. The maximum Gasteiger partial charge on any atom is 0.257 e. The van der Waals surface area contributed by atoms with E-state index in [-0.39, 0.29) is 23.8 Å². The van der Waals surface area contributed by atoms with Gasteiger partial charge in [0.05, 0.1) is 12.2 Å². The highest BCUT2D eigenvalue weighted by Crippen LogP contribution is 2.23. The summed E-state index contributed by atoms with van der Waals surface area (Å²) in [6.07, 6.45) is 0. The molecule has 0 spiro atoms. The van der Waals surface area contributed by atoms with Crippen LogP contribution in [0.25, 0.3) is 5.70 Å². The molecule has 0 bridgehead atoms. The molecule has 0 aromatic heterocycles. The predicted molar refractivity (Wildman–Crippen MR) is 109 cm³/mol. The van der Waals surface area contributed by atoms with Crippen LogP contribution in [0.15, 0.2) is 55.1 Å². The second-order valence-corrected chi connectivity index (χ2v) is 7.61. The Bertz CT molecular complexity index is 822. The SMILES string of the molecule is C=C(NNC(=O)CNC(=O)c1ccc(Cl)cc1)c1ccc(C(C)(C)C)cc1. The van der Waals surface area contributed by atoms with Gasteiger partial charge in [0.25, 0.3) is 11.8 Å². The number of nitrogens with one attached hydrogen (secondary N) is 3. The van der Waals surface area contributed by atoms with Gasteiger partial charge in [-0.25, -0.2) is 0 Å². The molecule has 6 heteroatoms. The molecule has 142 valence electrons. The van der Waals surface area contributed by atoms with Gasteiger partial charge in [0.15, 0.2) is 0 Å². The summed E-state index contributed by atoms with van der Waals surface area (Å²) in [4.78, 5) is 23.9. The van der Waals surface area contributed by atoms with Gasteiger partial charge >= 0.3 is 0 Å². The third kappa shape index (κ3) is 6.15. The van der Waals surface area contributed by atoms with Crippen molar-refractivity contribution in [3.8, 4) is 0 Å². The van der Waals surface area contributed by atoms with Crippen LogP contribution in [-0.4, -0.2) is 18.4 Å². The van der Waals surface area contributed by atoms with E-state index in [1.54, 1.807) is 24.3 Å². The minimum absolute atomic E-state index is 0.0732. The van der Waals surface area contributed by atoms with E-state index in [0.29, 0.717) is 16.3 Å². The van der Waals surface area contributed by atoms with Gasteiger partial charge in [-0.2, -0.15) is 0 Å². The van der Waals surface area contributed by atoms with Gasteiger partial charge in [0, 0.05) is 10.6 Å². The fourth-order valence-corrected chi connectivity index (χ4v) is 2.42. The summed E-state index contributed by atoms with van der Waals surface area (Å²) in [6.45, 7) is 10.2. The fourth-order valence-electron chi connectivity index (χ4n) is 2.30. The van der Waals surface area contributed by atoms with Crippen molar-refractivity contribution in [1.29, 1.82) is 0 Å². The van der Waals surface area contributed by atoms with Crippen LogP contribution in [0.5, 0.6) is 0 Å². The van der Waals surface area contributed by atoms with E-state index in [1.165, 1.54) is 5.56 Å². The van der Waals surface area contributed by atoms with Crippen LogP contribution in [-0.2, 0) is 10.2 Å². The Morgan fingerprint density at radius 1 is 0.926 bits per heavy atom. The van der Waals surface area contributed by atoms with Crippen LogP contribution < -0.4 is 16.2 Å². The molecule has 0 unspecified atom stereocenters. The van der Waals surface area contributed by atoms with Crippen molar-refractivity contribution in [1.82, 2.24) is 16.2 Å². The van der Waals surface area contributed by atoms with Gasteiger partial charge < -0.3 is 5.32 Å². The molecule has 5 nitrogen and oxygen atoms in total. The summed E-state index contributed by atoms with van der Waals surface area (Å²) in [6, 6.07) is 14.4. The summed E-state index contributed by atoms with van der Waals surface area (Å²) in [5.41, 5.74) is 8.44. The molecule has 0 aliphatic carbocycles. The van der Waals surface area contributed by atoms with Gasteiger partial charge in [-0.15, -0.1) is 0 Å². The smallest absolute Gasteiger partial charge is 0.257 e. The van der Waals surface area contributed by atoms with E-state index in [9.17, 15) is 9.59 Å². The van der Waals surface area contributed by atoms with Crippen molar-refractivity contribution in [3.05, 3.63) is 76.8 Å².